The number of nitrogens with one attached hydrogen (secondary N) is 1. The molecule has 28 heavy (non-hydrogen) atoms. The van der Waals surface area contributed by atoms with Crippen molar-refractivity contribution in [1.82, 2.24) is 4.72 Å². The lowest BCUT2D eigenvalue weighted by atomic mass is 9.97. The summed E-state index contributed by atoms with van der Waals surface area (Å²) in [6, 6.07) is 8.59. The second-order valence-electron chi connectivity index (χ2n) is 6.77. The topological polar surface area (TPSA) is 72.5 Å². The molecule has 0 bridgehead atoms. The maximum Gasteiger partial charge on any atom is 0.215 e. The number of hydrogen-bond donors (Lipinski definition) is 1. The molecule has 0 atom stereocenters. The Labute approximate surface area is 162 Å². The van der Waals surface area contributed by atoms with Gasteiger partial charge in [-0.15, -0.1) is 0 Å². The van der Waals surface area contributed by atoms with Gasteiger partial charge in [0.05, 0.1) is 17.4 Å². The van der Waals surface area contributed by atoms with Gasteiger partial charge in [-0.3, -0.25) is 4.79 Å². The molecule has 0 amide bonds. The lowest BCUT2D eigenvalue weighted by molar-refractivity contribution is 0.0974. The second kappa shape index (κ2) is 8.46. The smallest absolute Gasteiger partial charge is 0.215 e. The van der Waals surface area contributed by atoms with Crippen molar-refractivity contribution in [3.8, 4) is 11.1 Å². The summed E-state index contributed by atoms with van der Waals surface area (Å²) in [5, 5.41) is -0.626. The molecule has 1 saturated heterocycles. The minimum Gasteiger partial charge on any atom is -0.381 e. The summed E-state index contributed by atoms with van der Waals surface area (Å²) < 4.78 is 60.1. The van der Waals surface area contributed by atoms with E-state index in [2.05, 4.69) is 4.72 Å². The Hall–Kier alpha value is -2.16. The standard InChI is InChI=1S/C20H21F2NO4S/c1-13-9-15(14-3-2-4-16(21)10-14)11-18(20(13)22)19(24)12-23-28(25,26)17-5-7-27-8-6-17/h2-4,9-11,17,23H,5-8,12H2,1H3. The zero-order chi connectivity index (χ0) is 20.3. The number of ketones is 1. The molecular formula is C20H21F2NO4S. The van der Waals surface area contributed by atoms with Gasteiger partial charge in [0.2, 0.25) is 10.0 Å². The van der Waals surface area contributed by atoms with E-state index < -0.39 is 39.2 Å². The van der Waals surface area contributed by atoms with Crippen LogP contribution in [0.3, 0.4) is 0 Å². The van der Waals surface area contributed by atoms with Crippen molar-refractivity contribution in [1.29, 1.82) is 0 Å². The Kier molecular flexibility index (Phi) is 6.22. The number of carbonyl (C=O) groups is 1. The zero-order valence-corrected chi connectivity index (χ0v) is 16.2. The third-order valence-electron chi connectivity index (χ3n) is 4.75. The quantitative estimate of drug-likeness (QED) is 0.744. The highest BCUT2D eigenvalue weighted by Gasteiger charge is 2.28. The molecule has 5 nitrogen and oxygen atoms in total. The summed E-state index contributed by atoms with van der Waals surface area (Å²) in [6.07, 6.45) is 0.706. The van der Waals surface area contributed by atoms with Crippen LogP contribution in [0.5, 0.6) is 0 Å². The molecule has 150 valence electrons. The normalized spacial score (nSPS) is 15.5. The second-order valence-corrected chi connectivity index (χ2v) is 8.81. The minimum absolute atomic E-state index is 0.220. The van der Waals surface area contributed by atoms with Gasteiger partial charge in [-0.1, -0.05) is 12.1 Å². The van der Waals surface area contributed by atoms with E-state index in [1.807, 2.05) is 0 Å². The maximum absolute atomic E-state index is 14.5. The lowest BCUT2D eigenvalue weighted by Crippen LogP contribution is -2.40. The number of sulfonamides is 1. The summed E-state index contributed by atoms with van der Waals surface area (Å²) in [7, 11) is -3.70. The van der Waals surface area contributed by atoms with E-state index in [1.54, 1.807) is 6.07 Å². The van der Waals surface area contributed by atoms with E-state index in [0.29, 0.717) is 37.2 Å². The number of benzene rings is 2. The molecule has 2 aromatic rings. The van der Waals surface area contributed by atoms with Gasteiger partial charge < -0.3 is 4.74 Å². The fraction of sp³-hybridized carbons (Fsp3) is 0.350. The van der Waals surface area contributed by atoms with E-state index in [9.17, 15) is 22.0 Å². The molecule has 8 heteroatoms. The Balaban J connectivity index is 1.81. The highest BCUT2D eigenvalue weighted by atomic mass is 32.2. The van der Waals surface area contributed by atoms with Crippen molar-refractivity contribution < 1.29 is 26.7 Å². The van der Waals surface area contributed by atoms with E-state index >= 15 is 0 Å². The highest BCUT2D eigenvalue weighted by molar-refractivity contribution is 7.90. The van der Waals surface area contributed by atoms with Gasteiger partial charge in [0, 0.05) is 13.2 Å². The number of carbonyl (C=O) groups excluding carboxylic acids is 1. The monoisotopic (exact) mass is 409 g/mol. The van der Waals surface area contributed by atoms with Gasteiger partial charge in [-0.2, -0.15) is 0 Å². The lowest BCUT2D eigenvalue weighted by Gasteiger charge is -2.22. The molecule has 0 radical (unpaired) electrons. The fourth-order valence-electron chi connectivity index (χ4n) is 3.17. The molecule has 0 unspecified atom stereocenters. The van der Waals surface area contributed by atoms with Gasteiger partial charge in [-0.25, -0.2) is 21.9 Å². The number of halogens is 2. The summed E-state index contributed by atoms with van der Waals surface area (Å²) in [5.41, 5.74) is 0.973. The van der Waals surface area contributed by atoms with Crippen LogP contribution in [0, 0.1) is 18.6 Å². The fourth-order valence-corrected chi connectivity index (χ4v) is 4.55. The number of ether oxygens (including phenoxy) is 1. The van der Waals surface area contributed by atoms with E-state index in [4.69, 9.17) is 4.74 Å². The van der Waals surface area contributed by atoms with Crippen LogP contribution in [0.1, 0.15) is 28.8 Å². The van der Waals surface area contributed by atoms with Gasteiger partial charge in [-0.05, 0) is 60.7 Å². The first-order valence-corrected chi connectivity index (χ1v) is 10.5. The molecule has 1 heterocycles. The number of rotatable bonds is 6. The summed E-state index contributed by atoms with van der Waals surface area (Å²) in [5.74, 6) is -1.85. The van der Waals surface area contributed by atoms with Crippen LogP contribution in [0.15, 0.2) is 36.4 Å². The third kappa shape index (κ3) is 4.63. The van der Waals surface area contributed by atoms with E-state index in [0.717, 1.165) is 0 Å². The molecular weight excluding hydrogens is 388 g/mol. The van der Waals surface area contributed by atoms with Crippen molar-refractivity contribution in [2.45, 2.75) is 25.0 Å². The first-order valence-electron chi connectivity index (χ1n) is 8.93. The summed E-state index contributed by atoms with van der Waals surface area (Å²) in [4.78, 5) is 12.5. The van der Waals surface area contributed by atoms with Crippen LogP contribution in [0.2, 0.25) is 0 Å². The molecule has 1 aliphatic rings. The number of hydrogen-bond acceptors (Lipinski definition) is 4. The van der Waals surface area contributed by atoms with Gasteiger partial charge >= 0.3 is 0 Å². The van der Waals surface area contributed by atoms with Crippen molar-refractivity contribution >= 4 is 15.8 Å². The van der Waals surface area contributed by atoms with E-state index in [-0.39, 0.29) is 11.1 Å². The largest absolute Gasteiger partial charge is 0.381 e. The van der Waals surface area contributed by atoms with Crippen LogP contribution in [-0.2, 0) is 14.8 Å². The Morgan fingerprint density at radius 1 is 1.14 bits per heavy atom. The van der Waals surface area contributed by atoms with Crippen LogP contribution < -0.4 is 4.72 Å². The van der Waals surface area contributed by atoms with Crippen LogP contribution in [0.25, 0.3) is 11.1 Å². The zero-order valence-electron chi connectivity index (χ0n) is 15.4. The maximum atomic E-state index is 14.5. The van der Waals surface area contributed by atoms with Gasteiger partial charge in [0.15, 0.2) is 5.78 Å². The Morgan fingerprint density at radius 3 is 2.54 bits per heavy atom. The number of aryl methyl sites for hydroxylation is 1. The molecule has 1 N–H and O–H groups in total. The molecule has 0 aliphatic carbocycles. The van der Waals surface area contributed by atoms with Crippen molar-refractivity contribution in [3.63, 3.8) is 0 Å². The summed E-state index contributed by atoms with van der Waals surface area (Å²) in [6.45, 7) is 1.66. The van der Waals surface area contributed by atoms with Gasteiger partial charge in [0.1, 0.15) is 11.6 Å². The first kappa shape index (κ1) is 20.6. The van der Waals surface area contributed by atoms with Crippen molar-refractivity contribution in [2.24, 2.45) is 0 Å². The van der Waals surface area contributed by atoms with Crippen molar-refractivity contribution in [3.05, 3.63) is 59.2 Å². The van der Waals surface area contributed by atoms with Crippen molar-refractivity contribution in [2.75, 3.05) is 19.8 Å². The Morgan fingerprint density at radius 2 is 1.86 bits per heavy atom. The predicted molar refractivity (Wildman–Crippen MR) is 102 cm³/mol. The third-order valence-corrected chi connectivity index (χ3v) is 6.65. The van der Waals surface area contributed by atoms with E-state index in [1.165, 1.54) is 37.3 Å². The predicted octanol–water partition coefficient (Wildman–Crippen LogP) is 3.22. The number of Topliss-reactive ketones (excluding diaryl/α,β-unsaturated/α-hetero) is 1. The SMILES string of the molecule is Cc1cc(-c2cccc(F)c2)cc(C(=O)CNS(=O)(=O)C2CCOCC2)c1F. The highest BCUT2D eigenvalue weighted by Crippen LogP contribution is 2.26. The Bertz CT molecular complexity index is 986. The summed E-state index contributed by atoms with van der Waals surface area (Å²) >= 11 is 0. The minimum atomic E-state index is -3.70. The molecule has 0 aromatic heterocycles. The molecule has 0 saturated carbocycles. The van der Waals surface area contributed by atoms with Gasteiger partial charge in [0.25, 0.3) is 0 Å². The van der Waals surface area contributed by atoms with Crippen LogP contribution in [-0.4, -0.2) is 39.2 Å². The van der Waals surface area contributed by atoms with Crippen LogP contribution in [0.4, 0.5) is 8.78 Å². The molecule has 2 aromatic carbocycles. The first-order chi connectivity index (χ1) is 13.3. The molecule has 0 spiro atoms. The molecule has 3 rings (SSSR count). The van der Waals surface area contributed by atoms with Crippen LogP contribution >= 0.6 is 0 Å². The molecule has 1 aliphatic heterocycles. The average molecular weight is 409 g/mol. The average Bonchev–Trinajstić information content (AvgIpc) is 2.69. The molecule has 1 fully saturated rings.